The van der Waals surface area contributed by atoms with Crippen LogP contribution in [0.3, 0.4) is 0 Å². The summed E-state index contributed by atoms with van der Waals surface area (Å²) in [4.78, 5) is 10.2. The van der Waals surface area contributed by atoms with Crippen molar-refractivity contribution >= 4 is 53.2 Å². The molecule has 0 unspecified atom stereocenters. The topological polar surface area (TPSA) is 25.8 Å². The Bertz CT molecular complexity index is 2480. The van der Waals surface area contributed by atoms with E-state index in [4.69, 9.17) is 9.97 Å². The van der Waals surface area contributed by atoms with Gasteiger partial charge in [-0.3, -0.25) is 0 Å². The van der Waals surface area contributed by atoms with E-state index < -0.39 is 0 Å². The van der Waals surface area contributed by atoms with E-state index in [1.807, 2.05) is 17.4 Å². The smallest absolute Gasteiger partial charge is 0.160 e. The Balaban J connectivity index is 1.29. The summed E-state index contributed by atoms with van der Waals surface area (Å²) in [6.07, 6.45) is 0. The molecule has 0 radical (unpaired) electrons. The van der Waals surface area contributed by atoms with Crippen LogP contribution in [0.15, 0.2) is 121 Å². The first kappa shape index (κ1) is 26.5. The van der Waals surface area contributed by atoms with Gasteiger partial charge in [-0.05, 0) is 74.8 Å². The molecule has 0 saturated heterocycles. The number of hydrogen-bond acceptors (Lipinski definition) is 3. The lowest BCUT2D eigenvalue weighted by atomic mass is 9.54. The van der Waals surface area contributed by atoms with Gasteiger partial charge < -0.3 is 0 Å². The highest BCUT2D eigenvalue weighted by molar-refractivity contribution is 7.25. The molecule has 0 fully saturated rings. The molecular weight excluding hydrogens is 565 g/mol. The SMILES string of the molecule is CC1(C)c2cc3sc4ccc(-c5nc(-c6ccccc6)c6ccccc6n5)cc4c3cc2-c2ccc3ccccc3c2C1(C)C. The van der Waals surface area contributed by atoms with E-state index in [1.165, 1.54) is 53.2 Å². The van der Waals surface area contributed by atoms with Gasteiger partial charge in [-0.15, -0.1) is 11.3 Å². The number of para-hydroxylation sites is 1. The minimum Gasteiger partial charge on any atom is -0.228 e. The van der Waals surface area contributed by atoms with E-state index in [0.717, 1.165) is 33.5 Å². The lowest BCUT2D eigenvalue weighted by Crippen LogP contribution is -2.43. The third-order valence-electron chi connectivity index (χ3n) is 10.6. The molecule has 216 valence electrons. The highest BCUT2D eigenvalue weighted by Crippen LogP contribution is 2.57. The van der Waals surface area contributed by atoms with Crippen LogP contribution in [0.2, 0.25) is 0 Å². The third kappa shape index (κ3) is 3.74. The highest BCUT2D eigenvalue weighted by Gasteiger charge is 2.46. The van der Waals surface area contributed by atoms with Gasteiger partial charge in [0.1, 0.15) is 0 Å². The van der Waals surface area contributed by atoms with E-state index in [9.17, 15) is 0 Å². The monoisotopic (exact) mass is 596 g/mol. The zero-order valence-electron chi connectivity index (χ0n) is 25.8. The van der Waals surface area contributed by atoms with Crippen molar-refractivity contribution in [2.75, 3.05) is 0 Å². The number of fused-ring (bicyclic) bond motifs is 9. The molecule has 0 amide bonds. The fourth-order valence-corrected chi connectivity index (χ4v) is 8.65. The first-order valence-electron chi connectivity index (χ1n) is 15.7. The largest absolute Gasteiger partial charge is 0.228 e. The second-order valence-electron chi connectivity index (χ2n) is 13.4. The van der Waals surface area contributed by atoms with Gasteiger partial charge in [-0.25, -0.2) is 9.97 Å². The molecule has 3 heteroatoms. The molecule has 8 aromatic rings. The molecule has 0 spiro atoms. The molecular formula is C42H32N2S. The minimum atomic E-state index is -0.0538. The van der Waals surface area contributed by atoms with Crippen molar-refractivity contribution in [3.05, 3.63) is 132 Å². The van der Waals surface area contributed by atoms with Crippen molar-refractivity contribution in [2.45, 2.75) is 38.5 Å². The summed E-state index contributed by atoms with van der Waals surface area (Å²) in [7, 11) is 0. The fourth-order valence-electron chi connectivity index (χ4n) is 7.54. The number of thiophene rings is 1. The van der Waals surface area contributed by atoms with Crippen molar-refractivity contribution in [3.8, 4) is 33.8 Å². The Morgan fingerprint density at radius 1 is 0.511 bits per heavy atom. The van der Waals surface area contributed by atoms with Gasteiger partial charge in [0.25, 0.3) is 0 Å². The van der Waals surface area contributed by atoms with Crippen LogP contribution in [0, 0.1) is 0 Å². The standard InChI is InChI=1S/C42H32N2S/c1-41(2)34-24-37-33(23-31(34)29-20-18-25-12-8-9-15-28(25)38(29)42(41,3)4)32-22-27(19-21-36(32)45-37)40-43-35-17-11-10-16-30(35)39(44-40)26-13-6-5-7-14-26/h5-24H,1-4H3. The molecule has 9 rings (SSSR count). The molecule has 1 aliphatic rings. The Morgan fingerprint density at radius 3 is 2.09 bits per heavy atom. The van der Waals surface area contributed by atoms with E-state index in [-0.39, 0.29) is 10.8 Å². The first-order valence-corrected chi connectivity index (χ1v) is 16.5. The summed E-state index contributed by atoms with van der Waals surface area (Å²) in [5, 5.41) is 6.30. The predicted molar refractivity (Wildman–Crippen MR) is 192 cm³/mol. The Labute approximate surface area is 267 Å². The van der Waals surface area contributed by atoms with E-state index >= 15 is 0 Å². The molecule has 0 aliphatic heterocycles. The van der Waals surface area contributed by atoms with Crippen LogP contribution < -0.4 is 0 Å². The molecule has 45 heavy (non-hydrogen) atoms. The highest BCUT2D eigenvalue weighted by atomic mass is 32.1. The molecule has 0 N–H and O–H groups in total. The predicted octanol–water partition coefficient (Wildman–Crippen LogP) is 11.7. The molecule has 1 aliphatic carbocycles. The second-order valence-corrected chi connectivity index (χ2v) is 14.5. The molecule has 6 aromatic carbocycles. The van der Waals surface area contributed by atoms with Crippen LogP contribution in [0.1, 0.15) is 38.8 Å². The minimum absolute atomic E-state index is 0.0440. The lowest BCUT2D eigenvalue weighted by molar-refractivity contribution is 0.301. The third-order valence-corrected chi connectivity index (χ3v) is 11.7. The second kappa shape index (κ2) is 9.32. The van der Waals surface area contributed by atoms with Crippen molar-refractivity contribution in [1.29, 1.82) is 0 Å². The molecule has 2 heterocycles. The number of benzene rings is 6. The lowest BCUT2D eigenvalue weighted by Gasteiger charge is -2.49. The van der Waals surface area contributed by atoms with Gasteiger partial charge in [-0.2, -0.15) is 0 Å². The van der Waals surface area contributed by atoms with E-state index in [0.29, 0.717) is 0 Å². The maximum Gasteiger partial charge on any atom is 0.160 e. The number of hydrogen-bond donors (Lipinski definition) is 0. The van der Waals surface area contributed by atoms with Crippen LogP contribution in [-0.2, 0) is 10.8 Å². The molecule has 2 nitrogen and oxygen atoms in total. The van der Waals surface area contributed by atoms with Crippen molar-refractivity contribution in [2.24, 2.45) is 0 Å². The van der Waals surface area contributed by atoms with Crippen molar-refractivity contribution < 1.29 is 0 Å². The van der Waals surface area contributed by atoms with Gasteiger partial charge in [0.05, 0.1) is 11.2 Å². The molecule has 2 aromatic heterocycles. The van der Waals surface area contributed by atoms with Crippen LogP contribution in [-0.4, -0.2) is 9.97 Å². The molecule has 0 atom stereocenters. The summed E-state index contributed by atoms with van der Waals surface area (Å²) in [6, 6.07) is 44.0. The average Bonchev–Trinajstić information content (AvgIpc) is 3.43. The Morgan fingerprint density at radius 2 is 1.24 bits per heavy atom. The number of rotatable bonds is 2. The summed E-state index contributed by atoms with van der Waals surface area (Å²) >= 11 is 1.88. The maximum absolute atomic E-state index is 5.17. The van der Waals surface area contributed by atoms with E-state index in [1.54, 1.807) is 0 Å². The van der Waals surface area contributed by atoms with Gasteiger partial charge in [0.2, 0.25) is 0 Å². The average molecular weight is 597 g/mol. The Kier molecular flexibility index (Phi) is 5.50. The quantitative estimate of drug-likeness (QED) is 0.198. The van der Waals surface area contributed by atoms with Gasteiger partial charge in [0.15, 0.2) is 5.82 Å². The van der Waals surface area contributed by atoms with Gasteiger partial charge in [-0.1, -0.05) is 113 Å². The van der Waals surface area contributed by atoms with E-state index in [2.05, 4.69) is 143 Å². The summed E-state index contributed by atoms with van der Waals surface area (Å²) in [5.41, 5.74) is 9.56. The summed E-state index contributed by atoms with van der Waals surface area (Å²) < 4.78 is 2.62. The van der Waals surface area contributed by atoms with Crippen molar-refractivity contribution in [1.82, 2.24) is 9.97 Å². The summed E-state index contributed by atoms with van der Waals surface area (Å²) in [6.45, 7) is 9.70. The van der Waals surface area contributed by atoms with Gasteiger partial charge >= 0.3 is 0 Å². The van der Waals surface area contributed by atoms with Crippen LogP contribution in [0.25, 0.3) is 75.6 Å². The van der Waals surface area contributed by atoms with Gasteiger partial charge in [0, 0.05) is 42.1 Å². The maximum atomic E-state index is 5.17. The molecule has 0 saturated carbocycles. The van der Waals surface area contributed by atoms with Crippen LogP contribution in [0.5, 0.6) is 0 Å². The molecule has 0 bridgehead atoms. The van der Waals surface area contributed by atoms with Crippen LogP contribution in [0.4, 0.5) is 0 Å². The Hall–Kier alpha value is -4.86. The van der Waals surface area contributed by atoms with Crippen molar-refractivity contribution in [3.63, 3.8) is 0 Å². The number of nitrogens with zero attached hydrogens (tertiary/aromatic N) is 2. The fraction of sp³-hybridized carbons (Fsp3) is 0.143. The van der Waals surface area contributed by atoms with Crippen LogP contribution >= 0.6 is 11.3 Å². The zero-order chi connectivity index (χ0) is 30.5. The first-order chi connectivity index (χ1) is 21.8. The normalized spacial score (nSPS) is 15.0. The number of aromatic nitrogens is 2. The summed E-state index contributed by atoms with van der Waals surface area (Å²) in [5.74, 6) is 0.756. The zero-order valence-corrected chi connectivity index (χ0v) is 26.7.